The minimum Gasteiger partial charge on any atom is -0.309 e. The van der Waals surface area contributed by atoms with Gasteiger partial charge in [0.25, 0.3) is 0 Å². The maximum Gasteiger partial charge on any atom is 0.230 e. The van der Waals surface area contributed by atoms with Crippen LogP contribution in [0.25, 0.3) is 5.82 Å². The summed E-state index contributed by atoms with van der Waals surface area (Å²) < 4.78 is 1.68. The van der Waals surface area contributed by atoms with Crippen LogP contribution in [-0.2, 0) is 11.2 Å². The van der Waals surface area contributed by atoms with Crippen molar-refractivity contribution in [1.82, 2.24) is 25.0 Å². The molecule has 122 valence electrons. The highest BCUT2D eigenvalue weighted by Gasteiger charge is 2.25. The third-order valence-electron chi connectivity index (χ3n) is 4.02. The van der Waals surface area contributed by atoms with Gasteiger partial charge in [-0.3, -0.25) is 9.89 Å². The molecular weight excluding hydrogens is 304 g/mol. The summed E-state index contributed by atoms with van der Waals surface area (Å²) in [6.45, 7) is 2.00. The number of aromatic nitrogens is 5. The number of rotatable bonds is 5. The first-order valence-electron chi connectivity index (χ1n) is 7.99. The smallest absolute Gasteiger partial charge is 0.230 e. The number of hydrogen-bond acceptors (Lipinski definition) is 4. The molecule has 1 amide bonds. The maximum atomic E-state index is 12.2. The number of amides is 1. The first-order valence-corrected chi connectivity index (χ1v) is 7.99. The van der Waals surface area contributed by atoms with E-state index in [-0.39, 0.29) is 12.3 Å². The van der Waals surface area contributed by atoms with Crippen molar-refractivity contribution < 1.29 is 4.79 Å². The van der Waals surface area contributed by atoms with Crippen LogP contribution in [0, 0.1) is 6.92 Å². The summed E-state index contributed by atoms with van der Waals surface area (Å²) in [5.74, 6) is 1.79. The summed E-state index contributed by atoms with van der Waals surface area (Å²) >= 11 is 0. The van der Waals surface area contributed by atoms with Gasteiger partial charge in [0.05, 0.1) is 12.6 Å². The first kappa shape index (κ1) is 14.6. The van der Waals surface area contributed by atoms with Crippen molar-refractivity contribution in [3.05, 3.63) is 53.6 Å². The zero-order chi connectivity index (χ0) is 16.5. The molecule has 0 bridgehead atoms. The molecule has 7 heteroatoms. The second-order valence-corrected chi connectivity index (χ2v) is 6.19. The Labute approximate surface area is 139 Å². The Morgan fingerprint density at radius 3 is 3.08 bits per heavy atom. The van der Waals surface area contributed by atoms with Crippen LogP contribution in [0.5, 0.6) is 0 Å². The Balaban J connectivity index is 1.40. The van der Waals surface area contributed by atoms with Crippen molar-refractivity contribution in [3.8, 4) is 5.82 Å². The van der Waals surface area contributed by atoms with Gasteiger partial charge in [-0.25, -0.2) is 9.67 Å². The van der Waals surface area contributed by atoms with Gasteiger partial charge in [0.1, 0.15) is 0 Å². The zero-order valence-electron chi connectivity index (χ0n) is 13.4. The molecule has 0 aliphatic heterocycles. The lowest BCUT2D eigenvalue weighted by Gasteiger charge is -2.01. The maximum absolute atomic E-state index is 12.2. The second-order valence-electron chi connectivity index (χ2n) is 6.19. The van der Waals surface area contributed by atoms with Crippen LogP contribution in [0.4, 0.5) is 5.82 Å². The number of anilines is 1. The van der Waals surface area contributed by atoms with E-state index >= 15 is 0 Å². The molecule has 4 rings (SSSR count). The number of carbonyl (C=O) groups excluding carboxylic acids is 1. The van der Waals surface area contributed by atoms with Gasteiger partial charge in [-0.15, -0.1) is 0 Å². The molecule has 0 saturated heterocycles. The van der Waals surface area contributed by atoms with Crippen LogP contribution in [0.15, 0.2) is 36.8 Å². The van der Waals surface area contributed by atoms with Crippen LogP contribution >= 0.6 is 0 Å². The lowest BCUT2D eigenvalue weighted by Crippen LogP contribution is -2.14. The summed E-state index contributed by atoms with van der Waals surface area (Å²) in [5, 5.41) is 14.2. The minimum atomic E-state index is -0.111. The molecule has 3 aromatic rings. The van der Waals surface area contributed by atoms with Crippen LogP contribution < -0.4 is 5.32 Å². The molecule has 3 heterocycles. The van der Waals surface area contributed by atoms with Gasteiger partial charge < -0.3 is 5.32 Å². The predicted molar refractivity (Wildman–Crippen MR) is 89.0 cm³/mol. The van der Waals surface area contributed by atoms with Crippen LogP contribution in [0.2, 0.25) is 0 Å². The molecule has 0 aromatic carbocycles. The molecule has 1 aliphatic rings. The first-order chi connectivity index (χ1) is 11.7. The Hall–Kier alpha value is -2.96. The van der Waals surface area contributed by atoms with Crippen molar-refractivity contribution in [3.63, 3.8) is 0 Å². The number of aryl methyl sites for hydroxylation is 1. The second kappa shape index (κ2) is 5.92. The fraction of sp³-hybridized carbons (Fsp3) is 0.294. The Morgan fingerprint density at radius 1 is 1.42 bits per heavy atom. The Kier molecular flexibility index (Phi) is 3.60. The third-order valence-corrected chi connectivity index (χ3v) is 4.02. The summed E-state index contributed by atoms with van der Waals surface area (Å²) in [5.41, 5.74) is 3.04. The van der Waals surface area contributed by atoms with Crippen LogP contribution in [-0.4, -0.2) is 30.9 Å². The van der Waals surface area contributed by atoms with E-state index in [1.807, 2.05) is 31.3 Å². The van der Waals surface area contributed by atoms with E-state index in [4.69, 9.17) is 0 Å². The Bertz CT molecular complexity index is 877. The number of nitrogens with one attached hydrogen (secondary N) is 2. The van der Waals surface area contributed by atoms with Crippen LogP contribution in [0.3, 0.4) is 0 Å². The lowest BCUT2D eigenvalue weighted by molar-refractivity contribution is -0.115. The molecule has 1 saturated carbocycles. The fourth-order valence-corrected chi connectivity index (χ4v) is 2.60. The monoisotopic (exact) mass is 322 g/mol. The van der Waals surface area contributed by atoms with E-state index in [2.05, 4.69) is 25.6 Å². The molecule has 3 aromatic heterocycles. The minimum absolute atomic E-state index is 0.111. The van der Waals surface area contributed by atoms with Gasteiger partial charge in [-0.05, 0) is 43.0 Å². The number of H-pyrrole nitrogens is 1. The highest BCUT2D eigenvalue weighted by molar-refractivity contribution is 5.91. The topological polar surface area (TPSA) is 88.5 Å². The fourth-order valence-electron chi connectivity index (χ4n) is 2.60. The van der Waals surface area contributed by atoms with Gasteiger partial charge in [-0.2, -0.15) is 10.2 Å². The molecule has 1 aliphatic carbocycles. The SMILES string of the molecule is Cc1ccnc(-n2cc(CC(=O)Nc3cc(C4CC4)[nH]n3)cn2)c1. The van der Waals surface area contributed by atoms with Crippen molar-refractivity contribution in [2.24, 2.45) is 0 Å². The largest absolute Gasteiger partial charge is 0.309 e. The van der Waals surface area contributed by atoms with Crippen LogP contribution in [0.1, 0.15) is 35.6 Å². The molecule has 0 spiro atoms. The van der Waals surface area contributed by atoms with Crippen molar-refractivity contribution in [2.45, 2.75) is 32.1 Å². The van der Waals surface area contributed by atoms with Gasteiger partial charge in [0, 0.05) is 30.1 Å². The van der Waals surface area contributed by atoms with Gasteiger partial charge >= 0.3 is 0 Å². The highest BCUT2D eigenvalue weighted by Crippen LogP contribution is 2.39. The van der Waals surface area contributed by atoms with Gasteiger partial charge in [-0.1, -0.05) is 0 Å². The molecule has 2 N–H and O–H groups in total. The molecule has 1 fully saturated rings. The molecule has 0 atom stereocenters. The molecular formula is C17H18N6O. The predicted octanol–water partition coefficient (Wildman–Crippen LogP) is 2.36. The number of pyridine rings is 1. The Morgan fingerprint density at radius 2 is 2.29 bits per heavy atom. The van der Waals surface area contributed by atoms with E-state index in [9.17, 15) is 4.79 Å². The van der Waals surface area contributed by atoms with Crippen molar-refractivity contribution >= 4 is 11.7 Å². The van der Waals surface area contributed by atoms with Crippen molar-refractivity contribution in [2.75, 3.05) is 5.32 Å². The summed E-state index contributed by atoms with van der Waals surface area (Å²) in [6, 6.07) is 5.79. The van der Waals surface area contributed by atoms with E-state index in [0.29, 0.717) is 11.7 Å². The van der Waals surface area contributed by atoms with E-state index in [1.54, 1.807) is 17.1 Å². The number of carbonyl (C=O) groups is 1. The molecule has 0 unspecified atom stereocenters. The van der Waals surface area contributed by atoms with Crippen molar-refractivity contribution in [1.29, 1.82) is 0 Å². The number of aromatic amines is 1. The summed E-state index contributed by atoms with van der Waals surface area (Å²) in [7, 11) is 0. The molecule has 7 nitrogen and oxygen atoms in total. The lowest BCUT2D eigenvalue weighted by atomic mass is 10.2. The van der Waals surface area contributed by atoms with E-state index < -0.39 is 0 Å². The quantitative estimate of drug-likeness (QED) is 0.755. The third kappa shape index (κ3) is 3.19. The summed E-state index contributed by atoms with van der Waals surface area (Å²) in [4.78, 5) is 16.4. The number of hydrogen-bond donors (Lipinski definition) is 2. The summed E-state index contributed by atoms with van der Waals surface area (Å²) in [6.07, 6.45) is 7.89. The van der Waals surface area contributed by atoms with Gasteiger partial charge in [0.15, 0.2) is 11.6 Å². The molecule has 0 radical (unpaired) electrons. The highest BCUT2D eigenvalue weighted by atomic mass is 16.1. The average Bonchev–Trinajstić information content (AvgIpc) is 3.13. The van der Waals surface area contributed by atoms with Gasteiger partial charge in [0.2, 0.25) is 5.91 Å². The van der Waals surface area contributed by atoms with E-state index in [1.165, 1.54) is 12.8 Å². The standard InChI is InChI=1S/C17H18N6O/c1-11-4-5-18-16(6-11)23-10-12(9-19-23)7-17(24)20-15-8-14(21-22-15)13-2-3-13/h4-6,8-10,13H,2-3,7H2,1H3,(H2,20,21,22,24). The molecule has 24 heavy (non-hydrogen) atoms. The normalized spacial score (nSPS) is 13.9. The zero-order valence-corrected chi connectivity index (χ0v) is 13.4. The van der Waals surface area contributed by atoms with E-state index in [0.717, 1.165) is 22.6 Å². The number of nitrogens with zero attached hydrogens (tertiary/aromatic N) is 4. The average molecular weight is 322 g/mol.